The molecule has 1 atom stereocenters. The van der Waals surface area contributed by atoms with Gasteiger partial charge in [0.25, 0.3) is 0 Å². The Morgan fingerprint density at radius 3 is 2.53 bits per heavy atom. The molecular weight excluding hydrogens is 245 g/mol. The summed E-state index contributed by atoms with van der Waals surface area (Å²) < 4.78 is 18.7. The summed E-state index contributed by atoms with van der Waals surface area (Å²) >= 11 is 0. The van der Waals surface area contributed by atoms with Gasteiger partial charge in [-0.15, -0.1) is 0 Å². The fourth-order valence-electron chi connectivity index (χ4n) is 1.80. The van der Waals surface area contributed by atoms with E-state index in [0.717, 1.165) is 0 Å². The molecule has 2 rings (SSSR count). The minimum atomic E-state index is -0.812. The minimum Gasteiger partial charge on any atom is -0.398 e. The molecule has 0 spiro atoms. The molecular formula is C15H16FNO2. The number of hydrogen-bond acceptors (Lipinski definition) is 3. The first-order chi connectivity index (χ1) is 9.18. The number of nitrogen functional groups attached to an aromatic ring is 1. The van der Waals surface area contributed by atoms with E-state index in [9.17, 15) is 9.50 Å². The van der Waals surface area contributed by atoms with Gasteiger partial charge in [-0.3, -0.25) is 0 Å². The second-order valence-corrected chi connectivity index (χ2v) is 4.25. The van der Waals surface area contributed by atoms with Gasteiger partial charge in [-0.05, 0) is 12.1 Å². The summed E-state index contributed by atoms with van der Waals surface area (Å²) in [6.45, 7) is 0.193. The summed E-state index contributed by atoms with van der Waals surface area (Å²) in [7, 11) is 0. The Labute approximate surface area is 111 Å². The predicted molar refractivity (Wildman–Crippen MR) is 71.9 cm³/mol. The van der Waals surface area contributed by atoms with Crippen LogP contribution in [0, 0.1) is 5.82 Å². The van der Waals surface area contributed by atoms with E-state index >= 15 is 0 Å². The highest BCUT2D eigenvalue weighted by Gasteiger charge is 2.11. The molecule has 0 aromatic heterocycles. The Kier molecular flexibility index (Phi) is 4.49. The van der Waals surface area contributed by atoms with E-state index in [1.165, 1.54) is 6.07 Å². The van der Waals surface area contributed by atoms with Gasteiger partial charge >= 0.3 is 0 Å². The molecule has 0 heterocycles. The number of anilines is 1. The zero-order valence-corrected chi connectivity index (χ0v) is 10.4. The van der Waals surface area contributed by atoms with Crippen LogP contribution in [-0.4, -0.2) is 11.7 Å². The van der Waals surface area contributed by atoms with Gasteiger partial charge in [-0.25, -0.2) is 4.39 Å². The Hall–Kier alpha value is -1.91. The third-order valence-electron chi connectivity index (χ3n) is 2.85. The lowest BCUT2D eigenvalue weighted by molar-refractivity contribution is 0.0270. The van der Waals surface area contributed by atoms with E-state index < -0.39 is 6.10 Å². The average molecular weight is 261 g/mol. The van der Waals surface area contributed by atoms with Gasteiger partial charge in [0.05, 0.1) is 13.2 Å². The molecule has 100 valence electrons. The maximum absolute atomic E-state index is 13.3. The van der Waals surface area contributed by atoms with Crippen LogP contribution in [0.15, 0.2) is 48.5 Å². The van der Waals surface area contributed by atoms with Crippen LogP contribution >= 0.6 is 0 Å². The number of rotatable bonds is 5. The maximum Gasteiger partial charge on any atom is 0.128 e. The van der Waals surface area contributed by atoms with E-state index in [1.807, 2.05) is 0 Å². The molecule has 0 amide bonds. The van der Waals surface area contributed by atoms with E-state index in [0.29, 0.717) is 16.8 Å². The molecule has 0 aliphatic rings. The first kappa shape index (κ1) is 13.5. The Bertz CT molecular complexity index is 545. The standard InChI is InChI=1S/C15H16FNO2/c16-13-7-3-1-5-11(13)9-19-10-15(18)12-6-2-4-8-14(12)17/h1-8,15,18H,9-10,17H2. The largest absolute Gasteiger partial charge is 0.398 e. The second kappa shape index (κ2) is 6.31. The van der Waals surface area contributed by atoms with Crippen LogP contribution in [0.5, 0.6) is 0 Å². The Morgan fingerprint density at radius 1 is 1.11 bits per heavy atom. The lowest BCUT2D eigenvalue weighted by Gasteiger charge is -2.13. The summed E-state index contributed by atoms with van der Waals surface area (Å²) in [5, 5.41) is 9.95. The van der Waals surface area contributed by atoms with Crippen molar-refractivity contribution in [3.63, 3.8) is 0 Å². The first-order valence-corrected chi connectivity index (χ1v) is 6.02. The van der Waals surface area contributed by atoms with Crippen molar-refractivity contribution in [1.29, 1.82) is 0 Å². The van der Waals surface area contributed by atoms with Gasteiger partial charge in [0.1, 0.15) is 11.9 Å². The quantitative estimate of drug-likeness (QED) is 0.813. The number of aliphatic hydroxyl groups excluding tert-OH is 1. The number of ether oxygens (including phenoxy) is 1. The van der Waals surface area contributed by atoms with Crippen molar-refractivity contribution in [2.45, 2.75) is 12.7 Å². The van der Waals surface area contributed by atoms with Crippen LogP contribution < -0.4 is 5.73 Å². The SMILES string of the molecule is Nc1ccccc1C(O)COCc1ccccc1F. The molecule has 2 aromatic rings. The molecule has 3 nitrogen and oxygen atoms in total. The molecule has 2 aromatic carbocycles. The molecule has 0 aliphatic carbocycles. The van der Waals surface area contributed by atoms with Crippen molar-refractivity contribution >= 4 is 5.69 Å². The molecule has 1 unspecified atom stereocenters. The predicted octanol–water partition coefficient (Wildman–Crippen LogP) is 2.66. The summed E-state index contributed by atoms with van der Waals surface area (Å²) in [5.74, 6) is -0.309. The summed E-state index contributed by atoms with van der Waals surface area (Å²) in [6.07, 6.45) is -0.812. The summed E-state index contributed by atoms with van der Waals surface area (Å²) in [6, 6.07) is 13.5. The maximum atomic E-state index is 13.3. The third kappa shape index (κ3) is 3.53. The zero-order chi connectivity index (χ0) is 13.7. The number of para-hydroxylation sites is 1. The lowest BCUT2D eigenvalue weighted by Crippen LogP contribution is -2.09. The number of benzene rings is 2. The van der Waals surface area contributed by atoms with E-state index in [-0.39, 0.29) is 19.0 Å². The molecule has 4 heteroatoms. The van der Waals surface area contributed by atoms with Crippen LogP contribution in [0.3, 0.4) is 0 Å². The lowest BCUT2D eigenvalue weighted by atomic mass is 10.1. The topological polar surface area (TPSA) is 55.5 Å². The fraction of sp³-hybridized carbons (Fsp3) is 0.200. The first-order valence-electron chi connectivity index (χ1n) is 6.02. The van der Waals surface area contributed by atoms with E-state index in [1.54, 1.807) is 42.5 Å². The second-order valence-electron chi connectivity index (χ2n) is 4.25. The molecule has 0 radical (unpaired) electrons. The van der Waals surface area contributed by atoms with Crippen LogP contribution in [-0.2, 0) is 11.3 Å². The Morgan fingerprint density at radius 2 is 1.79 bits per heavy atom. The van der Waals surface area contributed by atoms with Crippen LogP contribution in [0.1, 0.15) is 17.2 Å². The van der Waals surface area contributed by atoms with Gasteiger partial charge in [0.2, 0.25) is 0 Å². The van der Waals surface area contributed by atoms with Crippen molar-refractivity contribution < 1.29 is 14.2 Å². The van der Waals surface area contributed by atoms with Gasteiger partial charge in [0, 0.05) is 16.8 Å². The van der Waals surface area contributed by atoms with Crippen LogP contribution in [0.25, 0.3) is 0 Å². The highest BCUT2D eigenvalue weighted by atomic mass is 19.1. The molecule has 0 bridgehead atoms. The number of aliphatic hydroxyl groups is 1. The van der Waals surface area contributed by atoms with Gasteiger partial charge < -0.3 is 15.6 Å². The van der Waals surface area contributed by atoms with E-state index in [4.69, 9.17) is 10.5 Å². The van der Waals surface area contributed by atoms with Crippen LogP contribution in [0.4, 0.5) is 10.1 Å². The van der Waals surface area contributed by atoms with Crippen molar-refractivity contribution in [2.24, 2.45) is 0 Å². The van der Waals surface area contributed by atoms with Crippen LogP contribution in [0.2, 0.25) is 0 Å². The summed E-state index contributed by atoms with van der Waals surface area (Å²) in [4.78, 5) is 0. The zero-order valence-electron chi connectivity index (χ0n) is 10.4. The van der Waals surface area contributed by atoms with E-state index in [2.05, 4.69) is 0 Å². The monoisotopic (exact) mass is 261 g/mol. The molecule has 19 heavy (non-hydrogen) atoms. The summed E-state index contributed by atoms with van der Waals surface area (Å²) in [5.41, 5.74) is 7.36. The van der Waals surface area contributed by atoms with Crippen molar-refractivity contribution in [3.05, 3.63) is 65.5 Å². The number of halogens is 1. The highest BCUT2D eigenvalue weighted by Crippen LogP contribution is 2.20. The molecule has 0 aliphatic heterocycles. The van der Waals surface area contributed by atoms with Crippen molar-refractivity contribution in [2.75, 3.05) is 12.3 Å². The average Bonchev–Trinajstić information content (AvgIpc) is 2.41. The number of hydrogen-bond donors (Lipinski definition) is 2. The normalized spacial score (nSPS) is 12.3. The Balaban J connectivity index is 1.90. The minimum absolute atomic E-state index is 0.0720. The fourth-order valence-corrected chi connectivity index (χ4v) is 1.80. The third-order valence-corrected chi connectivity index (χ3v) is 2.85. The van der Waals surface area contributed by atoms with Gasteiger partial charge in [0.15, 0.2) is 0 Å². The van der Waals surface area contributed by atoms with Gasteiger partial charge in [-0.1, -0.05) is 36.4 Å². The molecule has 0 saturated heterocycles. The van der Waals surface area contributed by atoms with Crippen molar-refractivity contribution in [1.82, 2.24) is 0 Å². The van der Waals surface area contributed by atoms with Gasteiger partial charge in [-0.2, -0.15) is 0 Å². The smallest absolute Gasteiger partial charge is 0.128 e. The number of nitrogens with two attached hydrogens (primary N) is 1. The van der Waals surface area contributed by atoms with Crippen molar-refractivity contribution in [3.8, 4) is 0 Å². The highest BCUT2D eigenvalue weighted by molar-refractivity contribution is 5.47. The molecule has 0 fully saturated rings. The molecule has 3 N–H and O–H groups in total. The molecule has 0 saturated carbocycles.